The van der Waals surface area contributed by atoms with E-state index in [-0.39, 0.29) is 11.9 Å². The van der Waals surface area contributed by atoms with Gasteiger partial charge in [0.2, 0.25) is 0 Å². The molecule has 0 aliphatic heterocycles. The van der Waals surface area contributed by atoms with Gasteiger partial charge in [-0.25, -0.2) is 8.42 Å². The molecule has 0 aliphatic carbocycles. The Morgan fingerprint density at radius 3 is 2.65 bits per heavy atom. The van der Waals surface area contributed by atoms with E-state index in [4.69, 9.17) is 4.74 Å². The third-order valence-corrected chi connectivity index (χ3v) is 4.06. The van der Waals surface area contributed by atoms with Gasteiger partial charge in [-0.15, -0.1) is 0 Å². The highest BCUT2D eigenvalue weighted by atomic mass is 32.2. The van der Waals surface area contributed by atoms with Crippen LogP contribution in [0.5, 0.6) is 5.75 Å². The molecule has 0 spiro atoms. The number of ether oxygens (including phenoxy) is 1. The number of nitrogens with zero attached hydrogens (tertiary/aromatic N) is 1. The van der Waals surface area contributed by atoms with Crippen LogP contribution in [0.15, 0.2) is 30.5 Å². The lowest BCUT2D eigenvalue weighted by atomic mass is 10.2. The fourth-order valence-corrected chi connectivity index (χ4v) is 2.87. The Bertz CT molecular complexity index is 686. The number of hydrogen-bond acceptors (Lipinski definition) is 3. The predicted octanol–water partition coefficient (Wildman–Crippen LogP) is 2.86. The first kappa shape index (κ1) is 14.9. The topological polar surface area (TPSA) is 48.3 Å². The second-order valence-corrected chi connectivity index (χ2v) is 7.64. The van der Waals surface area contributed by atoms with E-state index in [1.54, 1.807) is 0 Å². The van der Waals surface area contributed by atoms with Crippen molar-refractivity contribution < 1.29 is 13.2 Å². The van der Waals surface area contributed by atoms with Gasteiger partial charge in [0.25, 0.3) is 0 Å². The van der Waals surface area contributed by atoms with E-state index in [1.165, 1.54) is 6.26 Å². The van der Waals surface area contributed by atoms with Crippen LogP contribution in [0.25, 0.3) is 10.9 Å². The lowest BCUT2D eigenvalue weighted by Gasteiger charge is -2.10. The van der Waals surface area contributed by atoms with Crippen molar-refractivity contribution in [1.82, 2.24) is 4.57 Å². The largest absolute Gasteiger partial charge is 0.491 e. The van der Waals surface area contributed by atoms with E-state index in [0.717, 1.165) is 16.7 Å². The monoisotopic (exact) mass is 295 g/mol. The standard InChI is InChI=1S/C15H21NO3S/c1-12(2)19-14-5-6-15-13(11-14)7-9-16(15)8-4-10-20(3,17)18/h5-7,9,11-12H,4,8,10H2,1-3H3. The molecule has 110 valence electrons. The molecule has 0 saturated heterocycles. The summed E-state index contributed by atoms with van der Waals surface area (Å²) in [4.78, 5) is 0. The first-order chi connectivity index (χ1) is 9.35. The smallest absolute Gasteiger partial charge is 0.147 e. The number of sulfone groups is 1. The minimum atomic E-state index is -2.88. The highest BCUT2D eigenvalue weighted by Crippen LogP contribution is 2.23. The SMILES string of the molecule is CC(C)Oc1ccc2c(ccn2CCCS(C)(=O)=O)c1. The normalized spacial score (nSPS) is 12.2. The van der Waals surface area contributed by atoms with Gasteiger partial charge >= 0.3 is 0 Å². The van der Waals surface area contributed by atoms with Crippen LogP contribution in [0.3, 0.4) is 0 Å². The number of fused-ring (bicyclic) bond motifs is 1. The van der Waals surface area contributed by atoms with Crippen molar-refractivity contribution in [2.24, 2.45) is 0 Å². The summed E-state index contributed by atoms with van der Waals surface area (Å²) in [5, 5.41) is 1.11. The average Bonchev–Trinajstić information content (AvgIpc) is 2.69. The van der Waals surface area contributed by atoms with E-state index in [9.17, 15) is 8.42 Å². The Labute approximate surface area is 120 Å². The number of hydrogen-bond donors (Lipinski definition) is 0. The first-order valence-corrected chi connectivity index (χ1v) is 8.84. The van der Waals surface area contributed by atoms with Crippen molar-refractivity contribution in [1.29, 1.82) is 0 Å². The van der Waals surface area contributed by atoms with Gasteiger partial charge in [0, 0.05) is 29.9 Å². The van der Waals surface area contributed by atoms with Crippen LogP contribution in [0.4, 0.5) is 0 Å². The summed E-state index contributed by atoms with van der Waals surface area (Å²) in [5.74, 6) is 1.09. The van der Waals surface area contributed by atoms with E-state index in [1.807, 2.05) is 44.3 Å². The zero-order valence-corrected chi connectivity index (χ0v) is 13.0. The molecule has 0 aliphatic rings. The quantitative estimate of drug-likeness (QED) is 0.823. The number of aromatic nitrogens is 1. The van der Waals surface area contributed by atoms with Crippen LogP contribution in [-0.2, 0) is 16.4 Å². The summed E-state index contributed by atoms with van der Waals surface area (Å²) >= 11 is 0. The minimum absolute atomic E-state index is 0.157. The Morgan fingerprint density at radius 1 is 1.25 bits per heavy atom. The van der Waals surface area contributed by atoms with Gasteiger partial charge < -0.3 is 9.30 Å². The molecule has 0 fully saturated rings. The summed E-state index contributed by atoms with van der Waals surface area (Å²) in [7, 11) is -2.88. The van der Waals surface area contributed by atoms with Crippen LogP contribution in [0.1, 0.15) is 20.3 Å². The predicted molar refractivity (Wildman–Crippen MR) is 82.0 cm³/mol. The molecule has 0 amide bonds. The third-order valence-electron chi connectivity index (χ3n) is 3.03. The van der Waals surface area contributed by atoms with Crippen LogP contribution in [0.2, 0.25) is 0 Å². The van der Waals surface area contributed by atoms with E-state index in [0.29, 0.717) is 13.0 Å². The fourth-order valence-electron chi connectivity index (χ4n) is 2.22. The summed E-state index contributed by atoms with van der Waals surface area (Å²) in [6.07, 6.45) is 4.05. The number of benzene rings is 1. The summed E-state index contributed by atoms with van der Waals surface area (Å²) in [6, 6.07) is 8.02. The number of rotatable bonds is 6. The van der Waals surface area contributed by atoms with E-state index in [2.05, 4.69) is 4.57 Å². The van der Waals surface area contributed by atoms with Crippen molar-refractivity contribution >= 4 is 20.7 Å². The molecule has 1 aromatic heterocycles. The van der Waals surface area contributed by atoms with Gasteiger partial charge in [-0.1, -0.05) is 0 Å². The average molecular weight is 295 g/mol. The molecule has 0 atom stereocenters. The molecule has 20 heavy (non-hydrogen) atoms. The molecular formula is C15H21NO3S. The zero-order chi connectivity index (χ0) is 14.8. The van der Waals surface area contributed by atoms with Gasteiger partial charge in [0.15, 0.2) is 0 Å². The van der Waals surface area contributed by atoms with Crippen LogP contribution in [0, 0.1) is 0 Å². The lowest BCUT2D eigenvalue weighted by molar-refractivity contribution is 0.243. The molecule has 0 radical (unpaired) electrons. The maximum Gasteiger partial charge on any atom is 0.147 e. The molecule has 4 nitrogen and oxygen atoms in total. The first-order valence-electron chi connectivity index (χ1n) is 6.78. The molecule has 1 aromatic carbocycles. The van der Waals surface area contributed by atoms with Crippen LogP contribution < -0.4 is 4.74 Å². The van der Waals surface area contributed by atoms with Crippen molar-refractivity contribution in [2.45, 2.75) is 32.9 Å². The van der Waals surface area contributed by atoms with Crippen molar-refractivity contribution in [3.05, 3.63) is 30.5 Å². The van der Waals surface area contributed by atoms with Crippen molar-refractivity contribution in [2.75, 3.05) is 12.0 Å². The lowest BCUT2D eigenvalue weighted by Crippen LogP contribution is -2.07. The summed E-state index contributed by atoms with van der Waals surface area (Å²) in [5.41, 5.74) is 1.11. The molecule has 0 bridgehead atoms. The summed E-state index contributed by atoms with van der Waals surface area (Å²) in [6.45, 7) is 4.71. The second-order valence-electron chi connectivity index (χ2n) is 5.38. The molecule has 2 aromatic rings. The Hall–Kier alpha value is -1.49. The zero-order valence-electron chi connectivity index (χ0n) is 12.2. The van der Waals surface area contributed by atoms with Gasteiger partial charge in [-0.2, -0.15) is 0 Å². The van der Waals surface area contributed by atoms with Gasteiger partial charge in [0.05, 0.1) is 11.9 Å². The second kappa shape index (κ2) is 5.87. The Kier molecular flexibility index (Phi) is 4.38. The molecule has 0 N–H and O–H groups in total. The van der Waals surface area contributed by atoms with Gasteiger partial charge in [-0.05, 0) is 44.5 Å². The Balaban J connectivity index is 2.12. The van der Waals surface area contributed by atoms with Crippen LogP contribution >= 0.6 is 0 Å². The molecule has 0 saturated carbocycles. The minimum Gasteiger partial charge on any atom is -0.491 e. The molecule has 1 heterocycles. The molecule has 0 unspecified atom stereocenters. The molecule has 2 rings (SSSR count). The van der Waals surface area contributed by atoms with E-state index < -0.39 is 9.84 Å². The van der Waals surface area contributed by atoms with Crippen molar-refractivity contribution in [3.63, 3.8) is 0 Å². The maximum atomic E-state index is 11.1. The maximum absolute atomic E-state index is 11.1. The van der Waals surface area contributed by atoms with Gasteiger partial charge in [-0.3, -0.25) is 0 Å². The van der Waals surface area contributed by atoms with Crippen LogP contribution in [-0.4, -0.2) is 31.1 Å². The summed E-state index contributed by atoms with van der Waals surface area (Å²) < 4.78 is 30.0. The van der Waals surface area contributed by atoms with E-state index >= 15 is 0 Å². The highest BCUT2D eigenvalue weighted by molar-refractivity contribution is 7.90. The highest BCUT2D eigenvalue weighted by Gasteiger charge is 2.06. The third kappa shape index (κ3) is 4.00. The molecular weight excluding hydrogens is 274 g/mol. The van der Waals surface area contributed by atoms with Gasteiger partial charge in [0.1, 0.15) is 15.6 Å². The molecule has 5 heteroatoms. The number of aryl methyl sites for hydroxylation is 1. The Morgan fingerprint density at radius 2 is 2.00 bits per heavy atom. The van der Waals surface area contributed by atoms with Crippen molar-refractivity contribution in [3.8, 4) is 5.75 Å². The fraction of sp³-hybridized carbons (Fsp3) is 0.467.